The Morgan fingerprint density at radius 3 is 2.47 bits per heavy atom. The zero-order chi connectivity index (χ0) is 20.8. The van der Waals surface area contributed by atoms with Crippen LogP contribution in [0.2, 0.25) is 0 Å². The van der Waals surface area contributed by atoms with Gasteiger partial charge < -0.3 is 14.2 Å². The number of carbonyl (C=O) groups excluding carboxylic acids is 1. The van der Waals surface area contributed by atoms with E-state index in [4.69, 9.17) is 9.26 Å². The molecule has 2 heterocycles. The molecule has 0 unspecified atom stereocenters. The van der Waals surface area contributed by atoms with E-state index in [1.54, 1.807) is 7.11 Å². The number of hydrogen-bond acceptors (Lipinski definition) is 6. The largest absolute Gasteiger partial charge is 0.497 e. The van der Waals surface area contributed by atoms with E-state index in [1.807, 2.05) is 47.4 Å². The van der Waals surface area contributed by atoms with Crippen LogP contribution in [0.25, 0.3) is 11.4 Å². The van der Waals surface area contributed by atoms with Crippen molar-refractivity contribution in [1.29, 1.82) is 0 Å². The number of nitrogens with zero attached hydrogens (tertiary/aromatic N) is 4. The van der Waals surface area contributed by atoms with Crippen LogP contribution in [0.5, 0.6) is 5.75 Å². The van der Waals surface area contributed by atoms with Crippen LogP contribution in [0.3, 0.4) is 0 Å². The van der Waals surface area contributed by atoms with Gasteiger partial charge in [-0.25, -0.2) is 0 Å². The molecule has 1 amide bonds. The van der Waals surface area contributed by atoms with Gasteiger partial charge in [0.1, 0.15) is 5.75 Å². The lowest BCUT2D eigenvalue weighted by Crippen LogP contribution is -2.48. The normalized spacial score (nSPS) is 14.6. The van der Waals surface area contributed by atoms with Crippen LogP contribution in [0.15, 0.2) is 59.1 Å². The molecule has 1 aromatic heterocycles. The molecule has 1 fully saturated rings. The molecule has 0 atom stereocenters. The van der Waals surface area contributed by atoms with Crippen LogP contribution >= 0.6 is 0 Å². The average Bonchev–Trinajstić information content (AvgIpc) is 3.28. The summed E-state index contributed by atoms with van der Waals surface area (Å²) in [6.45, 7) is 4.12. The number of aromatic nitrogens is 2. The second kappa shape index (κ2) is 9.54. The molecular weight excluding hydrogens is 380 g/mol. The standard InChI is InChI=1S/C23H26N4O3/c1-29-20-9-7-18(8-10-20)17-26-13-15-27(16-14-26)22(28)12-11-21-24-23(25-30-21)19-5-3-2-4-6-19/h2-10H,11-17H2,1H3. The van der Waals surface area contributed by atoms with Gasteiger partial charge in [-0.1, -0.05) is 47.6 Å². The fraction of sp³-hybridized carbons (Fsp3) is 0.348. The fourth-order valence-corrected chi connectivity index (χ4v) is 3.58. The van der Waals surface area contributed by atoms with Crippen LogP contribution in [0.4, 0.5) is 0 Å². The molecular formula is C23H26N4O3. The second-order valence-corrected chi connectivity index (χ2v) is 7.38. The molecule has 3 aromatic rings. The van der Waals surface area contributed by atoms with Gasteiger partial charge in [-0.3, -0.25) is 9.69 Å². The van der Waals surface area contributed by atoms with Crippen molar-refractivity contribution in [3.05, 3.63) is 66.1 Å². The molecule has 7 heteroatoms. The highest BCUT2D eigenvalue weighted by Gasteiger charge is 2.21. The summed E-state index contributed by atoms with van der Waals surface area (Å²) in [5.74, 6) is 2.07. The van der Waals surface area contributed by atoms with Crippen molar-refractivity contribution in [2.24, 2.45) is 0 Å². The van der Waals surface area contributed by atoms with Crippen molar-refractivity contribution in [3.8, 4) is 17.1 Å². The van der Waals surface area contributed by atoms with Crippen LogP contribution < -0.4 is 4.74 Å². The quantitative estimate of drug-likeness (QED) is 0.601. The Morgan fingerprint density at radius 1 is 1.03 bits per heavy atom. The summed E-state index contributed by atoms with van der Waals surface area (Å²) in [4.78, 5) is 21.3. The number of carbonyl (C=O) groups is 1. The number of hydrogen-bond donors (Lipinski definition) is 0. The van der Waals surface area contributed by atoms with Gasteiger partial charge >= 0.3 is 0 Å². The Hall–Kier alpha value is -3.19. The maximum atomic E-state index is 12.6. The maximum absolute atomic E-state index is 12.6. The van der Waals surface area contributed by atoms with Gasteiger partial charge in [0.2, 0.25) is 17.6 Å². The summed E-state index contributed by atoms with van der Waals surface area (Å²) in [5, 5.41) is 4.01. The van der Waals surface area contributed by atoms with Crippen molar-refractivity contribution in [2.45, 2.75) is 19.4 Å². The third kappa shape index (κ3) is 5.04. The lowest BCUT2D eigenvalue weighted by molar-refractivity contribution is -0.133. The molecule has 2 aromatic carbocycles. The smallest absolute Gasteiger partial charge is 0.227 e. The van der Waals surface area contributed by atoms with Crippen LogP contribution in [0, 0.1) is 0 Å². The van der Waals surface area contributed by atoms with E-state index in [0.717, 1.165) is 44.0 Å². The zero-order valence-corrected chi connectivity index (χ0v) is 17.2. The Bertz CT molecular complexity index is 948. The Balaban J connectivity index is 1.22. The highest BCUT2D eigenvalue weighted by atomic mass is 16.5. The van der Waals surface area contributed by atoms with E-state index in [1.165, 1.54) is 5.56 Å². The molecule has 156 valence electrons. The van der Waals surface area contributed by atoms with Gasteiger partial charge in [0.25, 0.3) is 0 Å². The summed E-state index contributed by atoms with van der Waals surface area (Å²) >= 11 is 0. The first kappa shape index (κ1) is 20.1. The van der Waals surface area contributed by atoms with Crippen LogP contribution in [-0.4, -0.2) is 59.1 Å². The number of benzene rings is 2. The average molecular weight is 406 g/mol. The van der Waals surface area contributed by atoms with Gasteiger partial charge in [0.05, 0.1) is 7.11 Å². The summed E-state index contributed by atoms with van der Waals surface area (Å²) in [6.07, 6.45) is 0.847. The summed E-state index contributed by atoms with van der Waals surface area (Å²) in [5.41, 5.74) is 2.16. The number of ether oxygens (including phenoxy) is 1. The first-order valence-corrected chi connectivity index (χ1v) is 10.2. The molecule has 1 aliphatic heterocycles. The summed E-state index contributed by atoms with van der Waals surface area (Å²) in [6, 6.07) is 17.8. The summed E-state index contributed by atoms with van der Waals surface area (Å²) < 4.78 is 10.5. The fourth-order valence-electron chi connectivity index (χ4n) is 3.58. The molecule has 0 bridgehead atoms. The highest BCUT2D eigenvalue weighted by molar-refractivity contribution is 5.76. The first-order valence-electron chi connectivity index (χ1n) is 10.2. The zero-order valence-electron chi connectivity index (χ0n) is 17.2. The van der Waals surface area contributed by atoms with E-state index in [0.29, 0.717) is 24.6 Å². The molecule has 30 heavy (non-hydrogen) atoms. The molecule has 1 aliphatic rings. The molecule has 7 nitrogen and oxygen atoms in total. The van der Waals surface area contributed by atoms with Crippen molar-refractivity contribution >= 4 is 5.91 Å². The Kier molecular flexibility index (Phi) is 6.39. The van der Waals surface area contributed by atoms with E-state index < -0.39 is 0 Å². The number of piperazine rings is 1. The lowest BCUT2D eigenvalue weighted by atomic mass is 10.2. The van der Waals surface area contributed by atoms with E-state index in [2.05, 4.69) is 27.2 Å². The molecule has 0 aliphatic carbocycles. The minimum Gasteiger partial charge on any atom is -0.497 e. The molecule has 0 radical (unpaired) electrons. The van der Waals surface area contributed by atoms with Crippen molar-refractivity contribution in [3.63, 3.8) is 0 Å². The van der Waals surface area contributed by atoms with E-state index >= 15 is 0 Å². The minimum absolute atomic E-state index is 0.138. The van der Waals surface area contributed by atoms with Gasteiger partial charge in [0.15, 0.2) is 0 Å². The topological polar surface area (TPSA) is 71.7 Å². The predicted octanol–water partition coefficient (Wildman–Crippen LogP) is 3.02. The predicted molar refractivity (Wildman–Crippen MR) is 113 cm³/mol. The number of amides is 1. The highest BCUT2D eigenvalue weighted by Crippen LogP contribution is 2.17. The van der Waals surface area contributed by atoms with E-state index in [-0.39, 0.29) is 5.91 Å². The first-order chi connectivity index (χ1) is 14.7. The SMILES string of the molecule is COc1ccc(CN2CCN(C(=O)CCc3nc(-c4ccccc4)no3)CC2)cc1. The number of aryl methyl sites for hydroxylation is 1. The molecule has 0 spiro atoms. The molecule has 0 N–H and O–H groups in total. The minimum atomic E-state index is 0.138. The van der Waals surface area contributed by atoms with Gasteiger partial charge in [0, 0.05) is 51.1 Å². The number of rotatable bonds is 7. The summed E-state index contributed by atoms with van der Waals surface area (Å²) in [7, 11) is 1.67. The van der Waals surface area contributed by atoms with Gasteiger partial charge in [-0.05, 0) is 17.7 Å². The van der Waals surface area contributed by atoms with E-state index in [9.17, 15) is 4.79 Å². The van der Waals surface area contributed by atoms with Crippen molar-refractivity contribution in [1.82, 2.24) is 19.9 Å². The Labute approximate surface area is 176 Å². The van der Waals surface area contributed by atoms with Gasteiger partial charge in [-0.2, -0.15) is 4.98 Å². The van der Waals surface area contributed by atoms with Crippen molar-refractivity contribution < 1.29 is 14.1 Å². The number of methoxy groups -OCH3 is 1. The molecule has 4 rings (SSSR count). The monoisotopic (exact) mass is 406 g/mol. The second-order valence-electron chi connectivity index (χ2n) is 7.38. The third-order valence-electron chi connectivity index (χ3n) is 5.34. The lowest BCUT2D eigenvalue weighted by Gasteiger charge is -2.34. The maximum Gasteiger partial charge on any atom is 0.227 e. The van der Waals surface area contributed by atoms with Crippen LogP contribution in [0.1, 0.15) is 17.9 Å². The third-order valence-corrected chi connectivity index (χ3v) is 5.34. The molecule has 1 saturated heterocycles. The Morgan fingerprint density at radius 2 is 1.77 bits per heavy atom. The van der Waals surface area contributed by atoms with Crippen LogP contribution in [-0.2, 0) is 17.8 Å². The molecule has 0 saturated carbocycles. The van der Waals surface area contributed by atoms with Crippen molar-refractivity contribution in [2.75, 3.05) is 33.3 Å². The van der Waals surface area contributed by atoms with Gasteiger partial charge in [-0.15, -0.1) is 0 Å².